The van der Waals surface area contributed by atoms with Crippen molar-refractivity contribution >= 4 is 0 Å². The van der Waals surface area contributed by atoms with Crippen LogP contribution in [0.3, 0.4) is 0 Å². The van der Waals surface area contributed by atoms with Gasteiger partial charge >= 0.3 is 0 Å². The van der Waals surface area contributed by atoms with Gasteiger partial charge in [-0.15, -0.1) is 0 Å². The summed E-state index contributed by atoms with van der Waals surface area (Å²) in [6.07, 6.45) is 1.17. The van der Waals surface area contributed by atoms with Crippen LogP contribution in [0.5, 0.6) is 0 Å². The summed E-state index contributed by atoms with van der Waals surface area (Å²) in [5.74, 6) is 2.11. The molecule has 0 bridgehead atoms. The van der Waals surface area contributed by atoms with E-state index in [2.05, 4.69) is 44.1 Å². The van der Waals surface area contributed by atoms with Crippen LogP contribution in [-0.2, 0) is 13.1 Å². The van der Waals surface area contributed by atoms with Crippen LogP contribution in [0.2, 0.25) is 0 Å². The topological polar surface area (TPSA) is 28.4 Å². The van der Waals surface area contributed by atoms with E-state index >= 15 is 0 Å². The summed E-state index contributed by atoms with van der Waals surface area (Å²) in [6.45, 7) is 8.24. The summed E-state index contributed by atoms with van der Waals surface area (Å²) in [6, 6.07) is 2.74. The predicted molar refractivity (Wildman–Crippen MR) is 67.4 cm³/mol. The minimum atomic E-state index is 0.596. The fourth-order valence-corrected chi connectivity index (χ4v) is 1.72. The fraction of sp³-hybridized carbons (Fsp3) is 0.692. The van der Waals surface area contributed by atoms with Gasteiger partial charge in [-0.25, -0.2) is 0 Å². The molecule has 1 atom stereocenters. The van der Waals surface area contributed by atoms with E-state index in [9.17, 15) is 0 Å². The molecule has 1 rings (SSSR count). The Hall–Kier alpha value is -0.800. The van der Waals surface area contributed by atoms with Crippen LogP contribution in [0.15, 0.2) is 10.5 Å². The van der Waals surface area contributed by atoms with Crippen LogP contribution in [0, 0.1) is 6.92 Å². The summed E-state index contributed by atoms with van der Waals surface area (Å²) in [5.41, 5.74) is 1.24. The zero-order chi connectivity index (χ0) is 12.1. The lowest BCUT2D eigenvalue weighted by atomic mass is 10.2. The van der Waals surface area contributed by atoms with Crippen molar-refractivity contribution in [3.05, 3.63) is 23.2 Å². The molecule has 0 fully saturated rings. The van der Waals surface area contributed by atoms with Gasteiger partial charge in [0.15, 0.2) is 0 Å². The van der Waals surface area contributed by atoms with E-state index in [0.29, 0.717) is 6.04 Å². The molecule has 16 heavy (non-hydrogen) atoms. The van der Waals surface area contributed by atoms with Gasteiger partial charge < -0.3 is 9.73 Å². The predicted octanol–water partition coefficient (Wildman–Crippen LogP) is 2.54. The van der Waals surface area contributed by atoms with Crippen LogP contribution in [-0.4, -0.2) is 25.0 Å². The van der Waals surface area contributed by atoms with Crippen molar-refractivity contribution < 1.29 is 4.42 Å². The van der Waals surface area contributed by atoms with E-state index in [1.165, 1.54) is 12.0 Å². The first-order valence-electron chi connectivity index (χ1n) is 6.01. The van der Waals surface area contributed by atoms with Gasteiger partial charge in [0.25, 0.3) is 0 Å². The minimum Gasteiger partial charge on any atom is -0.463 e. The highest BCUT2D eigenvalue weighted by atomic mass is 16.3. The van der Waals surface area contributed by atoms with Gasteiger partial charge in [0, 0.05) is 6.04 Å². The summed E-state index contributed by atoms with van der Waals surface area (Å²) in [7, 11) is 4.08. The Labute approximate surface area is 98.8 Å². The van der Waals surface area contributed by atoms with Crippen molar-refractivity contribution in [3.8, 4) is 0 Å². The molecule has 3 heteroatoms. The summed E-state index contributed by atoms with van der Waals surface area (Å²) in [5, 5.41) is 3.12. The maximum atomic E-state index is 5.82. The average molecular weight is 224 g/mol. The molecule has 0 radical (unpaired) electrons. The number of nitrogens with one attached hydrogen (secondary N) is 1. The Morgan fingerprint density at radius 2 is 2.19 bits per heavy atom. The standard InChI is InChI=1S/C13H24N2O/c1-6-11(3)15(5)9-12-7-10(2)13(16-12)8-14-4/h7,11,14H,6,8-9H2,1-5H3. The number of furan rings is 1. The number of aryl methyl sites for hydroxylation is 1. The highest BCUT2D eigenvalue weighted by Crippen LogP contribution is 2.17. The second-order valence-electron chi connectivity index (χ2n) is 4.52. The third-order valence-electron chi connectivity index (χ3n) is 3.16. The van der Waals surface area contributed by atoms with Gasteiger partial charge in [0.2, 0.25) is 0 Å². The molecule has 1 unspecified atom stereocenters. The fourth-order valence-electron chi connectivity index (χ4n) is 1.72. The molecule has 3 nitrogen and oxygen atoms in total. The lowest BCUT2D eigenvalue weighted by molar-refractivity contribution is 0.223. The van der Waals surface area contributed by atoms with Crippen molar-refractivity contribution in [2.24, 2.45) is 0 Å². The van der Waals surface area contributed by atoms with Crippen molar-refractivity contribution in [3.63, 3.8) is 0 Å². The molecule has 0 aliphatic carbocycles. The van der Waals surface area contributed by atoms with Gasteiger partial charge in [0.1, 0.15) is 11.5 Å². The largest absolute Gasteiger partial charge is 0.463 e. The number of rotatable bonds is 6. The highest BCUT2D eigenvalue weighted by Gasteiger charge is 2.12. The van der Waals surface area contributed by atoms with Gasteiger partial charge in [-0.05, 0) is 46.0 Å². The molecule has 1 aromatic rings. The highest BCUT2D eigenvalue weighted by molar-refractivity contribution is 5.19. The lowest BCUT2D eigenvalue weighted by Gasteiger charge is -2.22. The second-order valence-corrected chi connectivity index (χ2v) is 4.52. The number of hydrogen-bond acceptors (Lipinski definition) is 3. The van der Waals surface area contributed by atoms with Crippen LogP contribution in [0.1, 0.15) is 37.4 Å². The molecule has 1 aromatic heterocycles. The minimum absolute atomic E-state index is 0.596. The van der Waals surface area contributed by atoms with E-state index in [4.69, 9.17) is 4.42 Å². The molecule has 1 N–H and O–H groups in total. The van der Waals surface area contributed by atoms with E-state index in [1.54, 1.807) is 0 Å². The third kappa shape index (κ3) is 3.35. The molecule has 0 saturated heterocycles. The maximum absolute atomic E-state index is 5.82. The SMILES string of the molecule is CCC(C)N(C)Cc1cc(C)c(CNC)o1. The lowest BCUT2D eigenvalue weighted by Crippen LogP contribution is -2.27. The van der Waals surface area contributed by atoms with Crippen LogP contribution in [0.4, 0.5) is 0 Å². The van der Waals surface area contributed by atoms with Crippen molar-refractivity contribution in [2.75, 3.05) is 14.1 Å². The Bertz CT molecular complexity index is 320. The Kier molecular flexibility index (Phi) is 5.03. The average Bonchev–Trinajstić information content (AvgIpc) is 2.58. The van der Waals surface area contributed by atoms with Gasteiger partial charge in [-0.2, -0.15) is 0 Å². The Morgan fingerprint density at radius 3 is 2.75 bits per heavy atom. The molecular weight excluding hydrogens is 200 g/mol. The first kappa shape index (κ1) is 13.3. The first-order chi connectivity index (χ1) is 7.58. The third-order valence-corrected chi connectivity index (χ3v) is 3.16. The maximum Gasteiger partial charge on any atom is 0.120 e. The van der Waals surface area contributed by atoms with Crippen molar-refractivity contribution in [1.29, 1.82) is 0 Å². The van der Waals surface area contributed by atoms with Gasteiger partial charge in [-0.1, -0.05) is 6.92 Å². The summed E-state index contributed by atoms with van der Waals surface area (Å²) < 4.78 is 5.82. The quantitative estimate of drug-likeness (QED) is 0.805. The van der Waals surface area contributed by atoms with Crippen LogP contribution >= 0.6 is 0 Å². The summed E-state index contributed by atoms with van der Waals surface area (Å²) >= 11 is 0. The molecule has 0 spiro atoms. The molecule has 0 amide bonds. The Balaban J connectivity index is 2.63. The smallest absolute Gasteiger partial charge is 0.120 e. The monoisotopic (exact) mass is 224 g/mol. The Morgan fingerprint density at radius 1 is 1.50 bits per heavy atom. The van der Waals surface area contributed by atoms with E-state index < -0.39 is 0 Å². The molecule has 1 heterocycles. The first-order valence-corrected chi connectivity index (χ1v) is 6.01. The van der Waals surface area contributed by atoms with Crippen LogP contribution < -0.4 is 5.32 Å². The van der Waals surface area contributed by atoms with Crippen molar-refractivity contribution in [1.82, 2.24) is 10.2 Å². The molecule has 0 aliphatic heterocycles. The molecular formula is C13H24N2O. The number of nitrogens with zero attached hydrogens (tertiary/aromatic N) is 1. The summed E-state index contributed by atoms with van der Waals surface area (Å²) in [4.78, 5) is 2.32. The zero-order valence-corrected chi connectivity index (χ0v) is 11.1. The molecule has 0 aromatic carbocycles. The zero-order valence-electron chi connectivity index (χ0n) is 11.1. The number of hydrogen-bond donors (Lipinski definition) is 1. The van der Waals surface area contributed by atoms with Crippen molar-refractivity contribution in [2.45, 2.75) is 46.3 Å². The van der Waals surface area contributed by atoms with Gasteiger partial charge in [-0.3, -0.25) is 4.90 Å². The second kappa shape index (κ2) is 6.06. The normalized spacial score (nSPS) is 13.4. The molecule has 0 saturated carbocycles. The molecule has 92 valence electrons. The molecule has 0 aliphatic rings. The van der Waals surface area contributed by atoms with Crippen LogP contribution in [0.25, 0.3) is 0 Å². The van der Waals surface area contributed by atoms with E-state index in [0.717, 1.165) is 24.6 Å². The van der Waals surface area contributed by atoms with E-state index in [1.807, 2.05) is 7.05 Å². The van der Waals surface area contributed by atoms with E-state index in [-0.39, 0.29) is 0 Å². The van der Waals surface area contributed by atoms with Gasteiger partial charge in [0.05, 0.1) is 13.1 Å².